The number of hydrogen-bond acceptors (Lipinski definition) is 5. The van der Waals surface area contributed by atoms with E-state index in [1.165, 1.54) is 0 Å². The van der Waals surface area contributed by atoms with Crippen LogP contribution in [-0.4, -0.2) is 36.3 Å². The number of aliphatic hydroxyl groups excluding tert-OH is 1. The van der Waals surface area contributed by atoms with Crippen molar-refractivity contribution >= 4 is 0 Å². The van der Waals surface area contributed by atoms with Gasteiger partial charge in [0.2, 0.25) is 0 Å². The van der Waals surface area contributed by atoms with Crippen molar-refractivity contribution in [3.05, 3.63) is 108 Å². The molecule has 3 aromatic carbocycles. The first-order valence-electron chi connectivity index (χ1n) is 10.6. The van der Waals surface area contributed by atoms with Gasteiger partial charge in [0.15, 0.2) is 6.29 Å². The van der Waals surface area contributed by atoms with E-state index in [1.54, 1.807) is 0 Å². The molecule has 0 radical (unpaired) electrons. The summed E-state index contributed by atoms with van der Waals surface area (Å²) < 4.78 is 24.5. The molecule has 0 unspecified atom stereocenters. The van der Waals surface area contributed by atoms with Gasteiger partial charge < -0.3 is 24.1 Å². The zero-order chi connectivity index (χ0) is 21.3. The summed E-state index contributed by atoms with van der Waals surface area (Å²) >= 11 is 0. The highest BCUT2D eigenvalue weighted by Crippen LogP contribution is 2.29. The summed E-state index contributed by atoms with van der Waals surface area (Å²) in [7, 11) is 0. The summed E-state index contributed by atoms with van der Waals surface area (Å²) in [6.07, 6.45) is -2.08. The van der Waals surface area contributed by atoms with Gasteiger partial charge in [-0.1, -0.05) is 91.0 Å². The van der Waals surface area contributed by atoms with Crippen molar-refractivity contribution in [3.63, 3.8) is 0 Å². The standard InChI is InChI=1S/C26H28O5/c27-16-23-24(28-17-20-10-4-1-5-11-20)25(29-18-21-12-6-2-7-13-21)26(31-23)30-19-22-14-8-3-9-15-22/h1-15,23-27H,16-19H2/t23-,24-,25-,26+/m1/s1. The van der Waals surface area contributed by atoms with E-state index in [9.17, 15) is 5.11 Å². The summed E-state index contributed by atoms with van der Waals surface area (Å²) in [6.45, 7) is 1.03. The molecule has 4 rings (SSSR count). The molecule has 0 bridgehead atoms. The minimum absolute atomic E-state index is 0.171. The van der Waals surface area contributed by atoms with Crippen LogP contribution < -0.4 is 0 Å². The average Bonchev–Trinajstić information content (AvgIpc) is 3.18. The van der Waals surface area contributed by atoms with Crippen molar-refractivity contribution in [1.29, 1.82) is 0 Å². The Labute approximate surface area is 183 Å². The number of ether oxygens (including phenoxy) is 4. The van der Waals surface area contributed by atoms with Gasteiger partial charge in [-0.2, -0.15) is 0 Å². The van der Waals surface area contributed by atoms with E-state index in [-0.39, 0.29) is 6.61 Å². The molecular weight excluding hydrogens is 392 g/mol. The van der Waals surface area contributed by atoms with E-state index in [4.69, 9.17) is 18.9 Å². The van der Waals surface area contributed by atoms with Gasteiger partial charge in [-0.3, -0.25) is 0 Å². The summed E-state index contributed by atoms with van der Waals surface area (Å²) in [5, 5.41) is 9.92. The fraction of sp³-hybridized carbons (Fsp3) is 0.308. The Morgan fingerprint density at radius 2 is 1.00 bits per heavy atom. The summed E-state index contributed by atoms with van der Waals surface area (Å²) in [6, 6.07) is 29.8. The SMILES string of the molecule is OC[C@H]1O[C@H](OCc2ccccc2)[C@H](OCc2ccccc2)[C@@H]1OCc1ccccc1. The minimum atomic E-state index is -0.637. The van der Waals surface area contributed by atoms with Gasteiger partial charge in [0.1, 0.15) is 18.3 Å². The molecule has 1 aliphatic heterocycles. The minimum Gasteiger partial charge on any atom is -0.394 e. The maximum absolute atomic E-state index is 9.92. The lowest BCUT2D eigenvalue weighted by Crippen LogP contribution is -2.39. The number of rotatable bonds is 10. The molecule has 1 saturated heterocycles. The Morgan fingerprint density at radius 1 is 0.581 bits per heavy atom. The molecule has 0 aliphatic carbocycles. The predicted molar refractivity (Wildman–Crippen MR) is 117 cm³/mol. The molecule has 0 spiro atoms. The van der Waals surface area contributed by atoms with Crippen LogP contribution in [0.2, 0.25) is 0 Å². The van der Waals surface area contributed by atoms with Gasteiger partial charge in [0.25, 0.3) is 0 Å². The smallest absolute Gasteiger partial charge is 0.187 e. The second-order valence-electron chi connectivity index (χ2n) is 7.54. The third-order valence-electron chi connectivity index (χ3n) is 5.27. The van der Waals surface area contributed by atoms with Gasteiger partial charge in [-0.15, -0.1) is 0 Å². The Hall–Kier alpha value is -2.54. The van der Waals surface area contributed by atoms with Crippen molar-refractivity contribution in [2.24, 2.45) is 0 Å². The third-order valence-corrected chi connectivity index (χ3v) is 5.27. The predicted octanol–water partition coefficient (Wildman–Crippen LogP) is 4.09. The second kappa shape index (κ2) is 11.2. The van der Waals surface area contributed by atoms with Crippen LogP contribution in [0.1, 0.15) is 16.7 Å². The fourth-order valence-electron chi connectivity index (χ4n) is 3.64. The first kappa shape index (κ1) is 21.7. The largest absolute Gasteiger partial charge is 0.394 e. The van der Waals surface area contributed by atoms with E-state index in [2.05, 4.69) is 0 Å². The van der Waals surface area contributed by atoms with Crippen LogP contribution in [0.5, 0.6) is 0 Å². The number of hydrogen-bond donors (Lipinski definition) is 1. The molecule has 0 saturated carbocycles. The summed E-state index contributed by atoms with van der Waals surface area (Å²) in [5.41, 5.74) is 3.15. The molecule has 1 heterocycles. The second-order valence-corrected chi connectivity index (χ2v) is 7.54. The highest BCUT2D eigenvalue weighted by atomic mass is 16.7. The third kappa shape index (κ3) is 6.00. The van der Waals surface area contributed by atoms with Crippen LogP contribution in [0, 0.1) is 0 Å². The topological polar surface area (TPSA) is 57.2 Å². The maximum atomic E-state index is 9.92. The zero-order valence-electron chi connectivity index (χ0n) is 17.4. The average molecular weight is 421 g/mol. The van der Waals surface area contributed by atoms with Gasteiger partial charge in [0.05, 0.1) is 26.4 Å². The molecule has 5 heteroatoms. The molecule has 31 heavy (non-hydrogen) atoms. The Morgan fingerprint density at radius 3 is 1.45 bits per heavy atom. The highest BCUT2D eigenvalue weighted by molar-refractivity contribution is 5.15. The van der Waals surface area contributed by atoms with Crippen LogP contribution in [-0.2, 0) is 38.8 Å². The van der Waals surface area contributed by atoms with Crippen molar-refractivity contribution in [3.8, 4) is 0 Å². The van der Waals surface area contributed by atoms with E-state index >= 15 is 0 Å². The maximum Gasteiger partial charge on any atom is 0.187 e. The molecule has 5 nitrogen and oxygen atoms in total. The van der Waals surface area contributed by atoms with Crippen LogP contribution in [0.15, 0.2) is 91.0 Å². The van der Waals surface area contributed by atoms with Crippen LogP contribution in [0.25, 0.3) is 0 Å². The van der Waals surface area contributed by atoms with Crippen molar-refractivity contribution in [2.45, 2.75) is 44.4 Å². The monoisotopic (exact) mass is 420 g/mol. The van der Waals surface area contributed by atoms with E-state index in [0.717, 1.165) is 16.7 Å². The van der Waals surface area contributed by atoms with Crippen molar-refractivity contribution < 1.29 is 24.1 Å². The van der Waals surface area contributed by atoms with Crippen LogP contribution >= 0.6 is 0 Å². The van der Waals surface area contributed by atoms with Gasteiger partial charge >= 0.3 is 0 Å². The van der Waals surface area contributed by atoms with Gasteiger partial charge in [-0.05, 0) is 16.7 Å². The Balaban J connectivity index is 1.46. The molecule has 162 valence electrons. The van der Waals surface area contributed by atoms with E-state index in [1.807, 2.05) is 91.0 Å². The van der Waals surface area contributed by atoms with Crippen molar-refractivity contribution in [1.82, 2.24) is 0 Å². The zero-order valence-corrected chi connectivity index (χ0v) is 17.4. The Kier molecular flexibility index (Phi) is 7.82. The molecule has 0 amide bonds. The molecule has 3 aromatic rings. The van der Waals surface area contributed by atoms with E-state index in [0.29, 0.717) is 19.8 Å². The normalized spacial score (nSPS) is 23.1. The lowest BCUT2D eigenvalue weighted by molar-refractivity contribution is -0.189. The van der Waals surface area contributed by atoms with Crippen LogP contribution in [0.3, 0.4) is 0 Å². The molecule has 1 fully saturated rings. The lowest BCUT2D eigenvalue weighted by Gasteiger charge is -2.24. The molecule has 4 atom stereocenters. The number of benzene rings is 3. The van der Waals surface area contributed by atoms with Crippen molar-refractivity contribution in [2.75, 3.05) is 6.61 Å². The Bertz CT molecular complexity index is 887. The van der Waals surface area contributed by atoms with E-state index < -0.39 is 24.6 Å². The quantitative estimate of drug-likeness (QED) is 0.535. The molecule has 1 aliphatic rings. The first-order valence-corrected chi connectivity index (χ1v) is 10.6. The van der Waals surface area contributed by atoms with Gasteiger partial charge in [-0.25, -0.2) is 0 Å². The van der Waals surface area contributed by atoms with Gasteiger partial charge in [0, 0.05) is 0 Å². The highest BCUT2D eigenvalue weighted by Gasteiger charge is 2.46. The summed E-state index contributed by atoms with van der Waals surface area (Å²) in [5.74, 6) is 0. The lowest BCUT2D eigenvalue weighted by atomic mass is 10.1. The fourth-order valence-corrected chi connectivity index (χ4v) is 3.64. The first-order chi connectivity index (χ1) is 15.3. The molecular formula is C26H28O5. The summed E-state index contributed by atoms with van der Waals surface area (Å²) in [4.78, 5) is 0. The molecule has 1 N–H and O–H groups in total. The van der Waals surface area contributed by atoms with Crippen LogP contribution in [0.4, 0.5) is 0 Å². The number of aliphatic hydroxyl groups is 1. The molecule has 0 aromatic heterocycles.